The molecule has 1 aliphatic carbocycles. The van der Waals surface area contributed by atoms with Crippen LogP contribution in [0.2, 0.25) is 0 Å². The minimum atomic E-state index is -0.589. The maximum Gasteiger partial charge on any atom is 0.320 e. The molecule has 3 aromatic rings. The van der Waals surface area contributed by atoms with Crippen LogP contribution in [0.25, 0.3) is 5.69 Å². The molecule has 2 aliphatic rings. The van der Waals surface area contributed by atoms with Gasteiger partial charge >= 0.3 is 6.03 Å². The summed E-state index contributed by atoms with van der Waals surface area (Å²) in [6.07, 6.45) is 1.61. The normalized spacial score (nSPS) is 21.8. The number of anilines is 1. The molecule has 1 aromatic carbocycles. The molecule has 1 spiro atoms. The van der Waals surface area contributed by atoms with E-state index >= 15 is 0 Å². The van der Waals surface area contributed by atoms with E-state index < -0.39 is 23.5 Å². The number of nitrogens with one attached hydrogen (secondary N) is 3. The number of hydroxylamine groups is 2. The quantitative estimate of drug-likeness (QED) is 0.326. The molecule has 0 bridgehead atoms. The zero-order valence-electron chi connectivity index (χ0n) is 22.5. The largest absolute Gasteiger partial charge is 0.466 e. The first-order valence-electron chi connectivity index (χ1n) is 12.9. The molecule has 1 saturated heterocycles. The van der Waals surface area contributed by atoms with Gasteiger partial charge in [-0.1, -0.05) is 18.2 Å². The molecule has 1 aliphatic heterocycles. The summed E-state index contributed by atoms with van der Waals surface area (Å²) in [7, 11) is 3.13. The van der Waals surface area contributed by atoms with E-state index in [0.717, 1.165) is 0 Å². The lowest BCUT2D eigenvalue weighted by Gasteiger charge is -2.18. The summed E-state index contributed by atoms with van der Waals surface area (Å²) >= 11 is 0. The number of halogens is 1. The third-order valence-corrected chi connectivity index (χ3v) is 7.20. The standard InChI is InChI=1S/C27H32FN7O5/c1-17-24(35(19-7-5-4-6-8-19)33-25(17)39-15-22(36)29-2)32-26(37)31-20-14-27(20)16-34(11-12-38-3)40-23(27)18-9-10-30-21(28)13-18/h4-10,13,20,23H,11-12,14-16H2,1-3H3,(H,29,36)(H2,31,32,37)/t20-,23?,27+/m0/s1. The Balaban J connectivity index is 1.34. The van der Waals surface area contributed by atoms with E-state index in [1.54, 1.807) is 29.8 Å². The van der Waals surface area contributed by atoms with E-state index in [0.29, 0.717) is 48.7 Å². The predicted molar refractivity (Wildman–Crippen MR) is 142 cm³/mol. The minimum absolute atomic E-state index is 0.212. The van der Waals surface area contributed by atoms with E-state index in [-0.39, 0.29) is 24.4 Å². The summed E-state index contributed by atoms with van der Waals surface area (Å²) in [5.74, 6) is -0.263. The third kappa shape index (κ3) is 5.62. The van der Waals surface area contributed by atoms with Crippen LogP contribution in [0.1, 0.15) is 23.7 Å². The van der Waals surface area contributed by atoms with Gasteiger partial charge in [0, 0.05) is 44.9 Å². The number of ether oxygens (including phenoxy) is 2. The molecule has 1 unspecified atom stereocenters. The molecule has 0 radical (unpaired) electrons. The lowest BCUT2D eigenvalue weighted by molar-refractivity contribution is -0.155. The Hall–Kier alpha value is -4.07. The summed E-state index contributed by atoms with van der Waals surface area (Å²) in [5.41, 5.74) is 1.49. The maximum atomic E-state index is 14.0. The molecule has 212 valence electrons. The van der Waals surface area contributed by atoms with Crippen LogP contribution in [-0.2, 0) is 14.4 Å². The van der Waals surface area contributed by atoms with Gasteiger partial charge in [-0.25, -0.2) is 14.5 Å². The van der Waals surface area contributed by atoms with Gasteiger partial charge in [-0.05, 0) is 43.2 Å². The van der Waals surface area contributed by atoms with Crippen LogP contribution in [0.3, 0.4) is 0 Å². The van der Waals surface area contributed by atoms with Gasteiger partial charge in [-0.2, -0.15) is 9.45 Å². The number of benzene rings is 1. The Morgan fingerprint density at radius 3 is 2.77 bits per heavy atom. The van der Waals surface area contributed by atoms with E-state index in [4.69, 9.17) is 14.3 Å². The topological polar surface area (TPSA) is 132 Å². The number of aromatic nitrogens is 3. The van der Waals surface area contributed by atoms with Gasteiger partial charge in [0.25, 0.3) is 5.91 Å². The molecule has 40 heavy (non-hydrogen) atoms. The Bertz CT molecular complexity index is 1370. The van der Waals surface area contributed by atoms with Crippen LogP contribution in [-0.4, -0.2) is 78.3 Å². The molecule has 1 saturated carbocycles. The first-order valence-corrected chi connectivity index (χ1v) is 12.9. The zero-order chi connectivity index (χ0) is 28.3. The molecule has 5 rings (SSSR count). The Morgan fingerprint density at radius 2 is 2.05 bits per heavy atom. The average molecular weight is 554 g/mol. The number of amides is 3. The first-order chi connectivity index (χ1) is 19.3. The van der Waals surface area contributed by atoms with Gasteiger partial charge in [0.1, 0.15) is 11.9 Å². The molecular formula is C27H32FN7O5. The van der Waals surface area contributed by atoms with Gasteiger partial charge in [-0.15, -0.1) is 5.10 Å². The van der Waals surface area contributed by atoms with E-state index in [2.05, 4.69) is 26.0 Å². The van der Waals surface area contributed by atoms with Crippen molar-refractivity contribution in [2.24, 2.45) is 5.41 Å². The molecule has 2 fully saturated rings. The van der Waals surface area contributed by atoms with Crippen molar-refractivity contribution < 1.29 is 28.3 Å². The highest BCUT2D eigenvalue weighted by Gasteiger charge is 2.65. The van der Waals surface area contributed by atoms with Crippen molar-refractivity contribution >= 4 is 17.8 Å². The minimum Gasteiger partial charge on any atom is -0.466 e. The average Bonchev–Trinajstić information content (AvgIpc) is 3.34. The van der Waals surface area contributed by atoms with Crippen LogP contribution in [0.5, 0.6) is 5.88 Å². The van der Waals surface area contributed by atoms with Crippen molar-refractivity contribution in [3.8, 4) is 11.6 Å². The summed E-state index contributed by atoms with van der Waals surface area (Å²) in [4.78, 5) is 34.9. The zero-order valence-corrected chi connectivity index (χ0v) is 22.5. The molecule has 13 heteroatoms. The lowest BCUT2D eigenvalue weighted by Crippen LogP contribution is -2.36. The highest BCUT2D eigenvalue weighted by Crippen LogP contribution is 2.60. The number of hydrogen-bond donors (Lipinski definition) is 3. The lowest BCUT2D eigenvalue weighted by atomic mass is 9.93. The summed E-state index contributed by atoms with van der Waals surface area (Å²) in [6.45, 7) is 3.10. The smallest absolute Gasteiger partial charge is 0.320 e. The van der Waals surface area contributed by atoms with E-state index in [1.165, 1.54) is 19.3 Å². The highest BCUT2D eigenvalue weighted by atomic mass is 19.1. The van der Waals surface area contributed by atoms with Gasteiger partial charge in [-0.3, -0.25) is 14.9 Å². The number of methoxy groups -OCH3 is 1. The molecule has 3 atom stereocenters. The summed E-state index contributed by atoms with van der Waals surface area (Å²) < 4.78 is 26.3. The van der Waals surface area contributed by atoms with Crippen LogP contribution >= 0.6 is 0 Å². The fourth-order valence-corrected chi connectivity index (χ4v) is 5.00. The van der Waals surface area contributed by atoms with Crippen LogP contribution in [0, 0.1) is 18.3 Å². The van der Waals surface area contributed by atoms with Gasteiger partial charge < -0.3 is 20.1 Å². The molecular weight excluding hydrogens is 521 g/mol. The molecule has 3 N–H and O–H groups in total. The molecule has 12 nitrogen and oxygen atoms in total. The number of pyridine rings is 1. The Kier molecular flexibility index (Phi) is 7.96. The SMILES string of the molecule is CNC(=O)COc1nn(-c2ccccc2)c(NC(=O)N[C@H]2C[C@@]23CN(CCOC)OC3c2ccnc(F)c2)c1C. The van der Waals surface area contributed by atoms with Crippen LogP contribution < -0.4 is 20.7 Å². The summed E-state index contributed by atoms with van der Waals surface area (Å²) in [5, 5.41) is 14.8. The van der Waals surface area contributed by atoms with Crippen molar-refractivity contribution in [3.05, 3.63) is 65.7 Å². The second-order valence-corrected chi connectivity index (χ2v) is 9.83. The predicted octanol–water partition coefficient (Wildman–Crippen LogP) is 2.35. The Morgan fingerprint density at radius 1 is 1.25 bits per heavy atom. The van der Waals surface area contributed by atoms with Crippen LogP contribution in [0.4, 0.5) is 15.0 Å². The Labute approximate surface area is 230 Å². The van der Waals surface area contributed by atoms with Crippen molar-refractivity contribution in [3.63, 3.8) is 0 Å². The van der Waals surface area contributed by atoms with Crippen molar-refractivity contribution in [2.45, 2.75) is 25.5 Å². The van der Waals surface area contributed by atoms with E-state index in [1.807, 2.05) is 30.3 Å². The van der Waals surface area contributed by atoms with Crippen LogP contribution in [0.15, 0.2) is 48.7 Å². The number of nitrogens with zero attached hydrogens (tertiary/aromatic N) is 4. The molecule has 2 aromatic heterocycles. The third-order valence-electron chi connectivity index (χ3n) is 7.20. The highest BCUT2D eigenvalue weighted by molar-refractivity contribution is 5.90. The summed E-state index contributed by atoms with van der Waals surface area (Å²) in [6, 6.07) is 11.7. The van der Waals surface area contributed by atoms with Crippen molar-refractivity contribution in [1.82, 2.24) is 30.5 Å². The molecule has 3 heterocycles. The van der Waals surface area contributed by atoms with Crippen molar-refractivity contribution in [2.75, 3.05) is 45.8 Å². The maximum absolute atomic E-state index is 14.0. The monoisotopic (exact) mass is 553 g/mol. The number of para-hydroxylation sites is 1. The van der Waals surface area contributed by atoms with Gasteiger partial charge in [0.05, 0.1) is 17.9 Å². The second-order valence-electron chi connectivity index (χ2n) is 9.83. The second kappa shape index (κ2) is 11.6. The fourth-order valence-electron chi connectivity index (χ4n) is 5.00. The van der Waals surface area contributed by atoms with E-state index in [9.17, 15) is 14.0 Å². The number of likely N-dealkylation sites (N-methyl/N-ethyl adjacent to an activating group) is 1. The van der Waals surface area contributed by atoms with Gasteiger partial charge in [0.2, 0.25) is 11.8 Å². The van der Waals surface area contributed by atoms with Gasteiger partial charge in [0.15, 0.2) is 6.61 Å². The number of urea groups is 1. The van der Waals surface area contributed by atoms with Crippen molar-refractivity contribution in [1.29, 1.82) is 0 Å². The number of rotatable bonds is 10. The number of hydrogen-bond acceptors (Lipinski definition) is 8. The number of carbonyl (C=O) groups is 2. The molecule has 3 amide bonds. The number of carbonyl (C=O) groups excluding carboxylic acids is 2. The first kappa shape index (κ1) is 27.5. The fraction of sp³-hybridized carbons (Fsp3) is 0.407.